The zero-order valence-electron chi connectivity index (χ0n) is 20.5. The molecule has 0 fully saturated rings. The van der Waals surface area contributed by atoms with Crippen molar-refractivity contribution in [1.29, 1.82) is 0 Å². The van der Waals surface area contributed by atoms with E-state index in [1.165, 1.54) is 5.56 Å². The zero-order valence-corrected chi connectivity index (χ0v) is 20.5. The van der Waals surface area contributed by atoms with Crippen LogP contribution in [0.5, 0.6) is 11.5 Å². The van der Waals surface area contributed by atoms with Gasteiger partial charge in [-0.05, 0) is 49.5 Å². The molecule has 35 heavy (non-hydrogen) atoms. The minimum Gasteiger partial charge on any atom is -0.497 e. The van der Waals surface area contributed by atoms with Crippen LogP contribution in [0.4, 0.5) is 0 Å². The molecule has 0 saturated heterocycles. The van der Waals surface area contributed by atoms with Gasteiger partial charge in [-0.3, -0.25) is 4.79 Å². The fraction of sp³-hybridized carbons (Fsp3) is 0.214. The molecule has 1 heterocycles. The van der Waals surface area contributed by atoms with Crippen molar-refractivity contribution < 1.29 is 14.3 Å². The highest BCUT2D eigenvalue weighted by atomic mass is 16.5. The van der Waals surface area contributed by atoms with Gasteiger partial charge in [0, 0.05) is 30.9 Å². The molecule has 1 aromatic heterocycles. The molecule has 4 rings (SSSR count). The Bertz CT molecular complexity index is 1280. The predicted octanol–water partition coefficient (Wildman–Crippen LogP) is 4.55. The first kappa shape index (κ1) is 24.0. The molecule has 0 aliphatic heterocycles. The summed E-state index contributed by atoms with van der Waals surface area (Å²) in [5, 5.41) is 7.80. The summed E-state index contributed by atoms with van der Waals surface area (Å²) in [6.07, 6.45) is 1.75. The van der Waals surface area contributed by atoms with Crippen molar-refractivity contribution in [3.05, 3.63) is 95.7 Å². The summed E-state index contributed by atoms with van der Waals surface area (Å²) in [5.74, 6) is 1.03. The number of nitrogens with zero attached hydrogens (tertiary/aromatic N) is 3. The summed E-state index contributed by atoms with van der Waals surface area (Å²) >= 11 is 0. The van der Waals surface area contributed by atoms with E-state index in [1.807, 2.05) is 68.7 Å². The van der Waals surface area contributed by atoms with Gasteiger partial charge in [-0.1, -0.05) is 42.5 Å². The zero-order chi connectivity index (χ0) is 24.8. The van der Waals surface area contributed by atoms with Gasteiger partial charge < -0.3 is 19.7 Å². The van der Waals surface area contributed by atoms with Crippen molar-refractivity contribution in [2.24, 2.45) is 0 Å². The summed E-state index contributed by atoms with van der Waals surface area (Å²) in [6, 6.07) is 23.4. The Kier molecular flexibility index (Phi) is 7.48. The lowest BCUT2D eigenvalue weighted by atomic mass is 10.1. The molecular weight excluding hydrogens is 440 g/mol. The first-order chi connectivity index (χ1) is 17.0. The van der Waals surface area contributed by atoms with Crippen LogP contribution in [0.25, 0.3) is 16.9 Å². The molecular formula is C28H30N4O3. The van der Waals surface area contributed by atoms with Crippen LogP contribution in [0.1, 0.15) is 21.5 Å². The molecule has 4 aromatic rings. The number of hydrogen-bond donors (Lipinski definition) is 1. The third-order valence-corrected chi connectivity index (χ3v) is 5.62. The number of para-hydroxylation sites is 1. The van der Waals surface area contributed by atoms with Crippen LogP contribution in [-0.2, 0) is 13.1 Å². The Morgan fingerprint density at radius 3 is 2.31 bits per heavy atom. The highest BCUT2D eigenvalue weighted by molar-refractivity contribution is 6.00. The highest BCUT2D eigenvalue weighted by Crippen LogP contribution is 2.34. The molecule has 180 valence electrons. The highest BCUT2D eigenvalue weighted by Gasteiger charge is 2.21. The summed E-state index contributed by atoms with van der Waals surface area (Å²) in [7, 11) is 7.27. The summed E-state index contributed by atoms with van der Waals surface area (Å²) < 4.78 is 12.6. The van der Waals surface area contributed by atoms with E-state index in [9.17, 15) is 4.79 Å². The Labute approximate surface area is 205 Å². The maximum Gasteiger partial charge on any atom is 0.255 e. The number of rotatable bonds is 9. The molecule has 0 radical (unpaired) electrons. The summed E-state index contributed by atoms with van der Waals surface area (Å²) in [5.41, 5.74) is 4.81. The number of nitrogens with one attached hydrogen (secondary N) is 1. The maximum absolute atomic E-state index is 13.4. The average molecular weight is 471 g/mol. The number of ether oxygens (including phenoxy) is 2. The maximum atomic E-state index is 13.4. The van der Waals surface area contributed by atoms with Gasteiger partial charge in [0.1, 0.15) is 17.2 Å². The van der Waals surface area contributed by atoms with E-state index in [0.29, 0.717) is 34.9 Å². The summed E-state index contributed by atoms with van der Waals surface area (Å²) in [6.45, 7) is 1.29. The average Bonchev–Trinajstić information content (AvgIpc) is 3.33. The minimum atomic E-state index is -0.211. The van der Waals surface area contributed by atoms with E-state index in [2.05, 4.69) is 22.3 Å². The normalized spacial score (nSPS) is 10.9. The fourth-order valence-corrected chi connectivity index (χ4v) is 3.85. The molecule has 7 nitrogen and oxygen atoms in total. The summed E-state index contributed by atoms with van der Waals surface area (Å²) in [4.78, 5) is 15.5. The topological polar surface area (TPSA) is 68.6 Å². The first-order valence-electron chi connectivity index (χ1n) is 11.4. The standard InChI is InChI=1S/C28H30N4O3/c1-31(2)18-21-12-10-20(11-13-21)17-29-28(33)25-19-32(22-8-6-5-7-9-22)30-27(25)24-15-14-23(34-3)16-26(24)35-4/h5-16,19H,17-18H2,1-4H3,(H,29,33). The van der Waals surface area contributed by atoms with Crippen molar-refractivity contribution >= 4 is 5.91 Å². The van der Waals surface area contributed by atoms with Gasteiger partial charge in [-0.15, -0.1) is 0 Å². The van der Waals surface area contributed by atoms with Crippen LogP contribution >= 0.6 is 0 Å². The van der Waals surface area contributed by atoms with E-state index < -0.39 is 0 Å². The molecule has 0 bridgehead atoms. The largest absolute Gasteiger partial charge is 0.497 e. The Hall–Kier alpha value is -4.10. The Morgan fingerprint density at radius 2 is 1.66 bits per heavy atom. The lowest BCUT2D eigenvalue weighted by molar-refractivity contribution is 0.0951. The van der Waals surface area contributed by atoms with Gasteiger partial charge >= 0.3 is 0 Å². The first-order valence-corrected chi connectivity index (χ1v) is 11.4. The number of amides is 1. The molecule has 3 aromatic carbocycles. The SMILES string of the molecule is COc1ccc(-c2nn(-c3ccccc3)cc2C(=O)NCc2ccc(CN(C)C)cc2)c(OC)c1. The van der Waals surface area contributed by atoms with Crippen molar-refractivity contribution in [1.82, 2.24) is 20.0 Å². The molecule has 0 unspecified atom stereocenters. The molecule has 0 aliphatic carbocycles. The van der Waals surface area contributed by atoms with Crippen LogP contribution in [0.15, 0.2) is 79.0 Å². The van der Waals surface area contributed by atoms with E-state index in [0.717, 1.165) is 17.8 Å². The van der Waals surface area contributed by atoms with Crippen LogP contribution < -0.4 is 14.8 Å². The number of benzene rings is 3. The molecule has 0 saturated carbocycles. The molecule has 1 N–H and O–H groups in total. The smallest absolute Gasteiger partial charge is 0.255 e. The van der Waals surface area contributed by atoms with Gasteiger partial charge in [-0.25, -0.2) is 4.68 Å². The fourth-order valence-electron chi connectivity index (χ4n) is 3.85. The van der Waals surface area contributed by atoms with Crippen LogP contribution in [-0.4, -0.2) is 48.9 Å². The third kappa shape index (κ3) is 5.70. The number of methoxy groups -OCH3 is 2. The van der Waals surface area contributed by atoms with E-state index in [1.54, 1.807) is 31.2 Å². The van der Waals surface area contributed by atoms with Crippen molar-refractivity contribution in [2.75, 3.05) is 28.3 Å². The van der Waals surface area contributed by atoms with Gasteiger partial charge in [0.25, 0.3) is 5.91 Å². The van der Waals surface area contributed by atoms with Gasteiger partial charge in [0.15, 0.2) is 0 Å². The molecule has 7 heteroatoms. The van der Waals surface area contributed by atoms with Crippen molar-refractivity contribution in [3.8, 4) is 28.4 Å². The number of aromatic nitrogens is 2. The van der Waals surface area contributed by atoms with E-state index in [-0.39, 0.29) is 5.91 Å². The monoisotopic (exact) mass is 470 g/mol. The molecule has 0 atom stereocenters. The lowest BCUT2D eigenvalue weighted by Gasteiger charge is -2.11. The second kappa shape index (κ2) is 10.9. The quantitative estimate of drug-likeness (QED) is 0.389. The number of carbonyl (C=O) groups is 1. The second-order valence-electron chi connectivity index (χ2n) is 8.47. The van der Waals surface area contributed by atoms with Crippen LogP contribution in [0, 0.1) is 0 Å². The number of hydrogen-bond acceptors (Lipinski definition) is 5. The number of carbonyl (C=O) groups excluding carboxylic acids is 1. The van der Waals surface area contributed by atoms with E-state index in [4.69, 9.17) is 14.6 Å². The van der Waals surface area contributed by atoms with Crippen molar-refractivity contribution in [3.63, 3.8) is 0 Å². The van der Waals surface area contributed by atoms with Crippen molar-refractivity contribution in [2.45, 2.75) is 13.1 Å². The lowest BCUT2D eigenvalue weighted by Crippen LogP contribution is -2.23. The van der Waals surface area contributed by atoms with Crippen LogP contribution in [0.3, 0.4) is 0 Å². The third-order valence-electron chi connectivity index (χ3n) is 5.62. The van der Waals surface area contributed by atoms with Gasteiger partial charge in [-0.2, -0.15) is 5.10 Å². The molecule has 1 amide bonds. The van der Waals surface area contributed by atoms with E-state index >= 15 is 0 Å². The van der Waals surface area contributed by atoms with Gasteiger partial charge in [0.2, 0.25) is 0 Å². The molecule has 0 spiro atoms. The van der Waals surface area contributed by atoms with Gasteiger partial charge in [0.05, 0.1) is 25.5 Å². The predicted molar refractivity (Wildman–Crippen MR) is 137 cm³/mol. The Morgan fingerprint density at radius 1 is 0.943 bits per heavy atom. The minimum absolute atomic E-state index is 0.211. The molecule has 0 aliphatic rings. The van der Waals surface area contributed by atoms with Crippen LogP contribution in [0.2, 0.25) is 0 Å². The Balaban J connectivity index is 1.64. The second-order valence-corrected chi connectivity index (χ2v) is 8.47.